The molecule has 3 rings (SSSR count). The number of aromatic nitrogens is 2. The van der Waals surface area contributed by atoms with Crippen LogP contribution in [0.5, 0.6) is 0 Å². The second kappa shape index (κ2) is 5.03. The second-order valence-corrected chi connectivity index (χ2v) is 4.54. The molecule has 3 aromatic rings. The number of thiazole rings is 1. The lowest BCUT2D eigenvalue weighted by Gasteiger charge is -2.00. The number of carbonyl (C=O) groups excluding carboxylic acids is 1. The minimum absolute atomic E-state index is 0.284. The highest BCUT2D eigenvalue weighted by Crippen LogP contribution is 2.24. The molecule has 3 heterocycles. The summed E-state index contributed by atoms with van der Waals surface area (Å²) < 4.78 is 5.23. The summed E-state index contributed by atoms with van der Waals surface area (Å²) in [7, 11) is 0. The van der Waals surface area contributed by atoms with Crippen molar-refractivity contribution in [1.82, 2.24) is 9.97 Å². The van der Waals surface area contributed by atoms with Crippen LogP contribution >= 0.6 is 11.3 Å². The number of rotatable bonds is 3. The van der Waals surface area contributed by atoms with E-state index >= 15 is 0 Å². The van der Waals surface area contributed by atoms with Crippen molar-refractivity contribution in [2.75, 3.05) is 5.32 Å². The largest absolute Gasteiger partial charge is 0.462 e. The number of nitrogens with zero attached hydrogens (tertiary/aromatic N) is 2. The van der Waals surface area contributed by atoms with Gasteiger partial charge in [0.2, 0.25) is 0 Å². The van der Waals surface area contributed by atoms with Crippen molar-refractivity contribution in [3.63, 3.8) is 0 Å². The van der Waals surface area contributed by atoms with Crippen LogP contribution in [0.15, 0.2) is 52.6 Å². The van der Waals surface area contributed by atoms with E-state index in [1.165, 1.54) is 11.3 Å². The van der Waals surface area contributed by atoms with Crippen molar-refractivity contribution in [1.29, 1.82) is 0 Å². The lowest BCUT2D eigenvalue weighted by atomic mass is 10.4. The van der Waals surface area contributed by atoms with Crippen LogP contribution in [-0.4, -0.2) is 15.9 Å². The molecule has 0 saturated carbocycles. The van der Waals surface area contributed by atoms with Gasteiger partial charge in [-0.25, -0.2) is 9.97 Å². The first-order valence-corrected chi connectivity index (χ1v) is 6.43. The summed E-state index contributed by atoms with van der Waals surface area (Å²) in [5, 5.41) is 5.05. The molecular formula is C13H9N3O2S. The molecular weight excluding hydrogens is 262 g/mol. The molecule has 0 saturated heterocycles. The molecule has 0 unspecified atom stereocenters. The summed E-state index contributed by atoms with van der Waals surface area (Å²) in [5.74, 6) is 0.870. The third-order valence-electron chi connectivity index (χ3n) is 2.38. The average Bonchev–Trinajstić information content (AvgIpc) is 3.11. The molecule has 0 radical (unpaired) electrons. The maximum atomic E-state index is 12.0. The van der Waals surface area contributed by atoms with Gasteiger partial charge in [-0.15, -0.1) is 11.3 Å². The van der Waals surface area contributed by atoms with Gasteiger partial charge in [0.1, 0.15) is 11.5 Å². The van der Waals surface area contributed by atoms with Crippen molar-refractivity contribution in [3.05, 3.63) is 53.9 Å². The van der Waals surface area contributed by atoms with E-state index in [9.17, 15) is 4.79 Å². The van der Waals surface area contributed by atoms with Gasteiger partial charge in [0.15, 0.2) is 10.8 Å². The van der Waals surface area contributed by atoms with E-state index in [2.05, 4.69) is 15.3 Å². The molecule has 19 heavy (non-hydrogen) atoms. The van der Waals surface area contributed by atoms with Crippen LogP contribution in [0.25, 0.3) is 10.8 Å². The number of pyridine rings is 1. The smallest absolute Gasteiger partial charge is 0.276 e. The van der Waals surface area contributed by atoms with Gasteiger partial charge in [0, 0.05) is 11.6 Å². The van der Waals surface area contributed by atoms with Gasteiger partial charge in [-0.1, -0.05) is 6.07 Å². The number of anilines is 1. The van der Waals surface area contributed by atoms with Gasteiger partial charge in [0.05, 0.1) is 6.26 Å². The topological polar surface area (TPSA) is 68.0 Å². The maximum Gasteiger partial charge on any atom is 0.276 e. The first kappa shape index (κ1) is 11.6. The quantitative estimate of drug-likeness (QED) is 0.795. The number of carbonyl (C=O) groups is 1. The summed E-state index contributed by atoms with van der Waals surface area (Å²) >= 11 is 1.36. The fourth-order valence-electron chi connectivity index (χ4n) is 1.51. The Morgan fingerprint density at radius 1 is 1.26 bits per heavy atom. The highest BCUT2D eigenvalue weighted by atomic mass is 32.1. The van der Waals surface area contributed by atoms with Gasteiger partial charge >= 0.3 is 0 Å². The predicted octanol–water partition coefficient (Wildman–Crippen LogP) is 3.05. The summed E-state index contributed by atoms with van der Waals surface area (Å²) in [4.78, 5) is 20.2. The van der Waals surface area contributed by atoms with Crippen LogP contribution in [0.2, 0.25) is 0 Å². The molecule has 5 nitrogen and oxygen atoms in total. The summed E-state index contributed by atoms with van der Waals surface area (Å²) in [5.41, 5.74) is 0.349. The van der Waals surface area contributed by atoms with Gasteiger partial charge in [0.25, 0.3) is 5.91 Å². The first-order chi connectivity index (χ1) is 9.33. The number of furan rings is 1. The Bertz CT molecular complexity index is 677. The number of nitrogens with one attached hydrogen (secondary N) is 1. The zero-order valence-electron chi connectivity index (χ0n) is 9.74. The Labute approximate surface area is 112 Å². The molecule has 3 aromatic heterocycles. The normalized spacial score (nSPS) is 10.3. The van der Waals surface area contributed by atoms with E-state index in [-0.39, 0.29) is 5.91 Å². The number of hydrogen-bond donors (Lipinski definition) is 1. The van der Waals surface area contributed by atoms with Crippen molar-refractivity contribution in [3.8, 4) is 10.8 Å². The van der Waals surface area contributed by atoms with Crippen LogP contribution < -0.4 is 5.32 Å². The zero-order valence-corrected chi connectivity index (χ0v) is 10.6. The fraction of sp³-hybridized carbons (Fsp3) is 0. The third kappa shape index (κ3) is 2.53. The Morgan fingerprint density at radius 2 is 2.21 bits per heavy atom. The van der Waals surface area contributed by atoms with Gasteiger partial charge in [-0.2, -0.15) is 0 Å². The molecule has 1 N–H and O–H groups in total. The standard InChI is InChI=1S/C13H9N3O2S/c17-12(16-11-5-1-2-6-14-11)9-8-19-13(15-9)10-4-3-7-18-10/h1-8H,(H,14,16,17). The molecule has 0 aliphatic rings. The van der Waals surface area contributed by atoms with E-state index in [4.69, 9.17) is 4.42 Å². The Hall–Kier alpha value is -2.47. The summed E-state index contributed by atoms with van der Waals surface area (Å²) in [6, 6.07) is 8.90. The van der Waals surface area contributed by atoms with E-state index in [1.807, 2.05) is 0 Å². The second-order valence-electron chi connectivity index (χ2n) is 3.68. The molecule has 0 aromatic carbocycles. The van der Waals surface area contributed by atoms with Crippen LogP contribution in [0, 0.1) is 0 Å². The molecule has 0 spiro atoms. The fourth-order valence-corrected chi connectivity index (χ4v) is 2.27. The van der Waals surface area contributed by atoms with Crippen LogP contribution in [0.3, 0.4) is 0 Å². The van der Waals surface area contributed by atoms with Crippen LogP contribution in [0.4, 0.5) is 5.82 Å². The van der Waals surface area contributed by atoms with E-state index < -0.39 is 0 Å². The average molecular weight is 271 g/mol. The van der Waals surface area contributed by atoms with Gasteiger partial charge < -0.3 is 9.73 Å². The van der Waals surface area contributed by atoms with Gasteiger partial charge in [-0.05, 0) is 24.3 Å². The molecule has 0 atom stereocenters. The lowest BCUT2D eigenvalue weighted by molar-refractivity contribution is 0.102. The molecule has 0 fully saturated rings. The summed E-state index contributed by atoms with van der Waals surface area (Å²) in [6.07, 6.45) is 3.19. The Balaban J connectivity index is 1.78. The van der Waals surface area contributed by atoms with Crippen molar-refractivity contribution >= 4 is 23.1 Å². The monoisotopic (exact) mass is 271 g/mol. The molecule has 6 heteroatoms. The summed E-state index contributed by atoms with van der Waals surface area (Å²) in [6.45, 7) is 0. The SMILES string of the molecule is O=C(Nc1ccccn1)c1csc(-c2ccco2)n1. The zero-order chi connectivity index (χ0) is 13.1. The molecule has 0 bridgehead atoms. The van der Waals surface area contributed by atoms with Crippen molar-refractivity contribution in [2.24, 2.45) is 0 Å². The molecule has 1 amide bonds. The molecule has 0 aliphatic carbocycles. The lowest BCUT2D eigenvalue weighted by Crippen LogP contribution is -2.13. The Kier molecular flexibility index (Phi) is 3.07. The first-order valence-electron chi connectivity index (χ1n) is 5.55. The molecule has 94 valence electrons. The maximum absolute atomic E-state index is 12.0. The van der Waals surface area contributed by atoms with E-state index in [1.54, 1.807) is 48.2 Å². The van der Waals surface area contributed by atoms with Crippen LogP contribution in [-0.2, 0) is 0 Å². The highest BCUT2D eigenvalue weighted by Gasteiger charge is 2.13. The Morgan fingerprint density at radius 3 is 2.95 bits per heavy atom. The highest BCUT2D eigenvalue weighted by molar-refractivity contribution is 7.13. The number of hydrogen-bond acceptors (Lipinski definition) is 5. The van der Waals surface area contributed by atoms with E-state index in [0.29, 0.717) is 22.3 Å². The van der Waals surface area contributed by atoms with Crippen molar-refractivity contribution < 1.29 is 9.21 Å². The third-order valence-corrected chi connectivity index (χ3v) is 3.23. The van der Waals surface area contributed by atoms with E-state index in [0.717, 1.165) is 0 Å². The predicted molar refractivity (Wildman–Crippen MR) is 72.0 cm³/mol. The van der Waals surface area contributed by atoms with Crippen molar-refractivity contribution in [2.45, 2.75) is 0 Å². The minimum atomic E-state index is -0.284. The number of amides is 1. The van der Waals surface area contributed by atoms with Gasteiger partial charge in [-0.3, -0.25) is 4.79 Å². The van der Waals surface area contributed by atoms with Crippen LogP contribution in [0.1, 0.15) is 10.5 Å². The molecule has 0 aliphatic heterocycles. The minimum Gasteiger partial charge on any atom is -0.462 e.